The van der Waals surface area contributed by atoms with Crippen LogP contribution in [0.1, 0.15) is 29.7 Å². The minimum Gasteiger partial charge on any atom is -0.381 e. The Hall–Kier alpha value is -1.85. The van der Waals surface area contributed by atoms with Crippen LogP contribution in [0.5, 0.6) is 0 Å². The van der Waals surface area contributed by atoms with Gasteiger partial charge in [-0.2, -0.15) is 0 Å². The van der Waals surface area contributed by atoms with Crippen LogP contribution in [0, 0.1) is 6.92 Å². The molecule has 0 bridgehead atoms. The fourth-order valence-electron chi connectivity index (χ4n) is 3.22. The molecule has 25 heavy (non-hydrogen) atoms. The van der Waals surface area contributed by atoms with E-state index in [2.05, 4.69) is 40.7 Å². The van der Waals surface area contributed by atoms with Gasteiger partial charge in [0.2, 0.25) is 5.91 Å². The van der Waals surface area contributed by atoms with Crippen LogP contribution in [0.25, 0.3) is 0 Å². The minimum absolute atomic E-state index is 0.0708. The Morgan fingerprint density at radius 1 is 1.24 bits per heavy atom. The summed E-state index contributed by atoms with van der Waals surface area (Å²) in [5.74, 6) is 0.0708. The van der Waals surface area contributed by atoms with Gasteiger partial charge in [0.05, 0.1) is 6.10 Å². The number of carbonyl (C=O) groups is 1. The van der Waals surface area contributed by atoms with Crippen molar-refractivity contribution in [1.29, 1.82) is 0 Å². The lowest BCUT2D eigenvalue weighted by Crippen LogP contribution is -2.36. The van der Waals surface area contributed by atoms with Gasteiger partial charge in [-0.1, -0.05) is 0 Å². The Morgan fingerprint density at radius 2 is 1.96 bits per heavy atom. The van der Waals surface area contributed by atoms with Gasteiger partial charge >= 0.3 is 0 Å². The summed E-state index contributed by atoms with van der Waals surface area (Å²) in [5.41, 5.74) is 3.35. The van der Waals surface area contributed by atoms with Crippen LogP contribution in [0.4, 0.5) is 11.4 Å². The van der Waals surface area contributed by atoms with Gasteiger partial charge in [0.1, 0.15) is 0 Å². The number of hydrogen-bond acceptors (Lipinski definition) is 4. The molecule has 1 aliphatic rings. The SMILES string of the molecule is COC1CCN(c2ccc(NC(=O)CCc3sccc3C)cc2)CC1. The van der Waals surface area contributed by atoms with Gasteiger partial charge in [-0.25, -0.2) is 0 Å². The fourth-order valence-corrected chi connectivity index (χ4v) is 4.13. The number of carbonyl (C=O) groups excluding carboxylic acids is 1. The zero-order chi connectivity index (χ0) is 17.6. The molecule has 1 aliphatic heterocycles. The highest BCUT2D eigenvalue weighted by Crippen LogP contribution is 2.23. The van der Waals surface area contributed by atoms with Gasteiger partial charge in [0, 0.05) is 42.9 Å². The molecule has 0 unspecified atom stereocenters. The molecule has 2 heterocycles. The number of methoxy groups -OCH3 is 1. The Kier molecular flexibility index (Phi) is 6.10. The first-order valence-electron chi connectivity index (χ1n) is 8.86. The summed E-state index contributed by atoms with van der Waals surface area (Å²) < 4.78 is 5.42. The summed E-state index contributed by atoms with van der Waals surface area (Å²) in [7, 11) is 1.79. The third-order valence-corrected chi connectivity index (χ3v) is 5.92. The highest BCUT2D eigenvalue weighted by molar-refractivity contribution is 7.10. The van der Waals surface area contributed by atoms with Gasteiger partial charge in [-0.05, 0) is 67.5 Å². The largest absolute Gasteiger partial charge is 0.381 e. The van der Waals surface area contributed by atoms with Crippen molar-refractivity contribution < 1.29 is 9.53 Å². The summed E-state index contributed by atoms with van der Waals surface area (Å²) in [4.78, 5) is 15.8. The Bertz CT molecular complexity index is 688. The molecule has 4 nitrogen and oxygen atoms in total. The first kappa shape index (κ1) is 18.0. The highest BCUT2D eigenvalue weighted by atomic mass is 32.1. The quantitative estimate of drug-likeness (QED) is 0.840. The van der Waals surface area contributed by atoms with Gasteiger partial charge in [0.15, 0.2) is 0 Å². The number of ether oxygens (including phenoxy) is 1. The van der Waals surface area contributed by atoms with Crippen molar-refractivity contribution in [2.45, 2.75) is 38.7 Å². The van der Waals surface area contributed by atoms with E-state index in [0.29, 0.717) is 12.5 Å². The molecule has 3 rings (SSSR count). The van der Waals surface area contributed by atoms with Crippen LogP contribution >= 0.6 is 11.3 Å². The zero-order valence-corrected chi connectivity index (χ0v) is 15.8. The number of anilines is 2. The number of amides is 1. The van der Waals surface area contributed by atoms with E-state index in [1.807, 2.05) is 12.1 Å². The highest BCUT2D eigenvalue weighted by Gasteiger charge is 2.18. The van der Waals surface area contributed by atoms with Gasteiger partial charge < -0.3 is 15.0 Å². The van der Waals surface area contributed by atoms with E-state index in [4.69, 9.17) is 4.74 Å². The third kappa shape index (κ3) is 4.83. The lowest BCUT2D eigenvalue weighted by Gasteiger charge is -2.33. The standard InChI is InChI=1S/C20H26N2O2S/c1-15-11-14-25-19(15)7-8-20(23)21-16-3-5-17(6-4-16)22-12-9-18(24-2)10-13-22/h3-6,11,14,18H,7-10,12-13H2,1-2H3,(H,21,23). The van der Waals surface area contributed by atoms with E-state index in [1.54, 1.807) is 18.4 Å². The van der Waals surface area contributed by atoms with Gasteiger partial charge in [0.25, 0.3) is 0 Å². The Morgan fingerprint density at radius 3 is 2.56 bits per heavy atom. The van der Waals surface area contributed by atoms with E-state index < -0.39 is 0 Å². The second-order valence-electron chi connectivity index (χ2n) is 6.54. The molecule has 1 aromatic carbocycles. The Balaban J connectivity index is 1.49. The maximum absolute atomic E-state index is 12.1. The van der Waals surface area contributed by atoms with Crippen molar-refractivity contribution in [2.75, 3.05) is 30.4 Å². The number of benzene rings is 1. The van der Waals surface area contributed by atoms with Crippen molar-refractivity contribution in [2.24, 2.45) is 0 Å². The zero-order valence-electron chi connectivity index (χ0n) is 15.0. The molecule has 0 spiro atoms. The van der Waals surface area contributed by atoms with E-state index >= 15 is 0 Å². The predicted molar refractivity (Wildman–Crippen MR) is 105 cm³/mol. The second kappa shape index (κ2) is 8.50. The molecular formula is C20H26N2O2S. The van der Waals surface area contributed by atoms with Crippen LogP contribution in [0.3, 0.4) is 0 Å². The topological polar surface area (TPSA) is 41.6 Å². The monoisotopic (exact) mass is 358 g/mol. The maximum Gasteiger partial charge on any atom is 0.224 e. The third-order valence-electron chi connectivity index (χ3n) is 4.84. The average molecular weight is 359 g/mol. The molecule has 5 heteroatoms. The van der Waals surface area contributed by atoms with Gasteiger partial charge in [-0.3, -0.25) is 4.79 Å². The van der Waals surface area contributed by atoms with Crippen molar-refractivity contribution in [3.63, 3.8) is 0 Å². The molecule has 1 amide bonds. The molecule has 1 fully saturated rings. The summed E-state index contributed by atoms with van der Waals surface area (Å²) in [6.45, 7) is 4.13. The summed E-state index contributed by atoms with van der Waals surface area (Å²) in [6.07, 6.45) is 3.85. The molecule has 0 saturated carbocycles. The number of nitrogens with one attached hydrogen (secondary N) is 1. The lowest BCUT2D eigenvalue weighted by atomic mass is 10.1. The van der Waals surface area contributed by atoms with E-state index in [-0.39, 0.29) is 5.91 Å². The molecule has 1 saturated heterocycles. The molecule has 0 radical (unpaired) electrons. The number of nitrogens with zero attached hydrogens (tertiary/aromatic N) is 1. The lowest BCUT2D eigenvalue weighted by molar-refractivity contribution is -0.116. The normalized spacial score (nSPS) is 15.4. The smallest absolute Gasteiger partial charge is 0.224 e. The van der Waals surface area contributed by atoms with Crippen LogP contribution < -0.4 is 10.2 Å². The summed E-state index contributed by atoms with van der Waals surface area (Å²) in [6, 6.07) is 10.3. The molecule has 1 aromatic heterocycles. The summed E-state index contributed by atoms with van der Waals surface area (Å²) in [5, 5.41) is 5.08. The van der Waals surface area contributed by atoms with Crippen molar-refractivity contribution >= 4 is 28.6 Å². The average Bonchev–Trinajstić information content (AvgIpc) is 3.06. The molecule has 0 atom stereocenters. The molecule has 1 N–H and O–H groups in total. The fraction of sp³-hybridized carbons (Fsp3) is 0.450. The Labute approximate surface area is 153 Å². The number of piperidine rings is 1. The predicted octanol–water partition coefficient (Wildman–Crippen LogP) is 4.24. The number of rotatable bonds is 6. The van der Waals surface area contributed by atoms with E-state index in [0.717, 1.165) is 38.0 Å². The van der Waals surface area contributed by atoms with Crippen molar-refractivity contribution in [3.8, 4) is 0 Å². The maximum atomic E-state index is 12.1. The van der Waals surface area contributed by atoms with Crippen molar-refractivity contribution in [3.05, 3.63) is 46.2 Å². The van der Waals surface area contributed by atoms with E-state index in [9.17, 15) is 4.79 Å². The number of aryl methyl sites for hydroxylation is 2. The van der Waals surface area contributed by atoms with Crippen LogP contribution in [0.2, 0.25) is 0 Å². The molecular weight excluding hydrogens is 332 g/mol. The minimum atomic E-state index is 0.0708. The first-order chi connectivity index (χ1) is 12.2. The van der Waals surface area contributed by atoms with E-state index in [1.165, 1.54) is 16.1 Å². The molecule has 134 valence electrons. The summed E-state index contributed by atoms with van der Waals surface area (Å²) >= 11 is 1.72. The second-order valence-corrected chi connectivity index (χ2v) is 7.54. The number of thiophene rings is 1. The number of hydrogen-bond donors (Lipinski definition) is 1. The molecule has 2 aromatic rings. The van der Waals surface area contributed by atoms with Crippen LogP contribution in [0.15, 0.2) is 35.7 Å². The van der Waals surface area contributed by atoms with Crippen LogP contribution in [-0.2, 0) is 16.0 Å². The molecule has 0 aliphatic carbocycles. The van der Waals surface area contributed by atoms with Crippen LogP contribution in [-0.4, -0.2) is 32.2 Å². The van der Waals surface area contributed by atoms with Gasteiger partial charge in [-0.15, -0.1) is 11.3 Å². The first-order valence-corrected chi connectivity index (χ1v) is 9.74. The van der Waals surface area contributed by atoms with Crippen molar-refractivity contribution in [1.82, 2.24) is 0 Å².